The molecule has 0 bridgehead atoms. The van der Waals surface area contributed by atoms with E-state index in [1.165, 1.54) is 43.0 Å². The molecule has 1 aliphatic heterocycles. The lowest BCUT2D eigenvalue weighted by Gasteiger charge is -2.37. The molecule has 2 aromatic heterocycles. The van der Waals surface area contributed by atoms with Gasteiger partial charge in [0.25, 0.3) is 5.91 Å². The molecule has 1 fully saturated rings. The average Bonchev–Trinajstić information content (AvgIpc) is 2.82. The topological polar surface area (TPSA) is 125 Å². The minimum absolute atomic E-state index is 0.0330. The van der Waals surface area contributed by atoms with Gasteiger partial charge < -0.3 is 25.3 Å². The number of carbonyl (C=O) groups is 1. The smallest absolute Gasteiger partial charge is 0.261 e. The highest BCUT2D eigenvalue weighted by Crippen LogP contribution is 2.36. The molecule has 1 saturated heterocycles. The number of aliphatic hydroxyl groups excluding tert-OH is 2. The zero-order valence-electron chi connectivity index (χ0n) is 17.9. The summed E-state index contributed by atoms with van der Waals surface area (Å²) >= 11 is 0. The van der Waals surface area contributed by atoms with E-state index >= 15 is 0 Å². The lowest BCUT2D eigenvalue weighted by Crippen LogP contribution is -2.45. The second kappa shape index (κ2) is 9.62. The van der Waals surface area contributed by atoms with E-state index in [2.05, 4.69) is 15.3 Å². The van der Waals surface area contributed by atoms with Crippen molar-refractivity contribution in [2.75, 3.05) is 5.32 Å². The highest BCUT2D eigenvalue weighted by molar-refractivity contribution is 6.05. The maximum absolute atomic E-state index is 14.2. The van der Waals surface area contributed by atoms with Crippen molar-refractivity contribution < 1.29 is 24.1 Å². The standard InChI is InChI=1S/C24H24FN3O5/c1-2-20-23(31)19(29)9-21(33-20)14-7-8-26-12-18(14)28-24(32)16-11-27-10-15(22(16)30)13-5-3-4-6-17(13)25/h3-8,10-12,19-21,23,29,31H,2,9H2,1H3,(H,27,30)(H,28,32). The summed E-state index contributed by atoms with van der Waals surface area (Å²) < 4.78 is 20.1. The van der Waals surface area contributed by atoms with E-state index in [-0.39, 0.29) is 23.1 Å². The van der Waals surface area contributed by atoms with Crippen LogP contribution >= 0.6 is 0 Å². The number of nitrogens with one attached hydrogen (secondary N) is 2. The van der Waals surface area contributed by atoms with Crippen molar-refractivity contribution in [3.8, 4) is 11.1 Å². The van der Waals surface area contributed by atoms with Crippen LogP contribution in [0.25, 0.3) is 11.1 Å². The summed E-state index contributed by atoms with van der Waals surface area (Å²) in [5.74, 6) is -1.28. The molecule has 172 valence electrons. The number of aromatic amines is 1. The van der Waals surface area contributed by atoms with Crippen LogP contribution in [0.2, 0.25) is 0 Å². The van der Waals surface area contributed by atoms with Crippen molar-refractivity contribution in [1.29, 1.82) is 0 Å². The molecule has 0 spiro atoms. The predicted octanol–water partition coefficient (Wildman–Crippen LogP) is 2.79. The Hall–Kier alpha value is -3.40. The molecule has 9 heteroatoms. The second-order valence-corrected chi connectivity index (χ2v) is 7.87. The van der Waals surface area contributed by atoms with Gasteiger partial charge in [-0.15, -0.1) is 0 Å². The van der Waals surface area contributed by atoms with Crippen molar-refractivity contribution in [1.82, 2.24) is 9.97 Å². The van der Waals surface area contributed by atoms with Crippen molar-refractivity contribution >= 4 is 11.6 Å². The third kappa shape index (κ3) is 4.56. The van der Waals surface area contributed by atoms with E-state index in [0.717, 1.165) is 0 Å². The van der Waals surface area contributed by atoms with Crippen LogP contribution in [0.1, 0.15) is 41.8 Å². The Kier molecular flexibility index (Phi) is 6.64. The number of rotatable bonds is 5. The first kappa shape index (κ1) is 22.8. The number of halogens is 1. The lowest BCUT2D eigenvalue weighted by molar-refractivity contribution is -0.170. The fourth-order valence-electron chi connectivity index (χ4n) is 4.00. The number of aromatic nitrogens is 2. The summed E-state index contributed by atoms with van der Waals surface area (Å²) in [6, 6.07) is 7.47. The highest BCUT2D eigenvalue weighted by atomic mass is 19.1. The first-order chi connectivity index (χ1) is 15.9. The van der Waals surface area contributed by atoms with Crippen LogP contribution in [-0.2, 0) is 4.74 Å². The number of ether oxygens (including phenoxy) is 1. The Morgan fingerprint density at radius 2 is 2.03 bits per heavy atom. The number of hydrogen-bond acceptors (Lipinski definition) is 6. The number of H-pyrrole nitrogens is 1. The van der Waals surface area contributed by atoms with Gasteiger partial charge in [-0.1, -0.05) is 25.1 Å². The molecule has 4 N–H and O–H groups in total. The third-order valence-electron chi connectivity index (χ3n) is 5.78. The fraction of sp³-hybridized carbons (Fsp3) is 0.292. The van der Waals surface area contributed by atoms with E-state index in [4.69, 9.17) is 4.74 Å². The number of hydrogen-bond donors (Lipinski definition) is 4. The number of amides is 1. The molecule has 0 aliphatic carbocycles. The van der Waals surface area contributed by atoms with Gasteiger partial charge >= 0.3 is 0 Å². The molecule has 0 radical (unpaired) electrons. The van der Waals surface area contributed by atoms with Gasteiger partial charge in [-0.05, 0) is 18.6 Å². The predicted molar refractivity (Wildman–Crippen MR) is 119 cm³/mol. The number of benzene rings is 1. The van der Waals surface area contributed by atoms with Crippen LogP contribution in [0.15, 0.2) is 59.9 Å². The van der Waals surface area contributed by atoms with Crippen LogP contribution in [0.5, 0.6) is 0 Å². The minimum Gasteiger partial charge on any atom is -0.390 e. The third-order valence-corrected chi connectivity index (χ3v) is 5.78. The lowest BCUT2D eigenvalue weighted by atomic mass is 9.92. The quantitative estimate of drug-likeness (QED) is 0.471. The number of pyridine rings is 2. The number of aliphatic hydroxyl groups is 2. The van der Waals surface area contributed by atoms with E-state index < -0.39 is 41.6 Å². The molecule has 8 nitrogen and oxygen atoms in total. The maximum Gasteiger partial charge on any atom is 0.261 e. The maximum atomic E-state index is 14.2. The largest absolute Gasteiger partial charge is 0.390 e. The molecule has 33 heavy (non-hydrogen) atoms. The van der Waals surface area contributed by atoms with Crippen molar-refractivity contribution in [2.24, 2.45) is 0 Å². The van der Waals surface area contributed by atoms with E-state index in [1.54, 1.807) is 12.1 Å². The van der Waals surface area contributed by atoms with E-state index in [0.29, 0.717) is 17.7 Å². The van der Waals surface area contributed by atoms with E-state index in [1.807, 2.05) is 6.92 Å². The summed E-state index contributed by atoms with van der Waals surface area (Å²) in [7, 11) is 0. The normalized spacial score (nSPS) is 22.7. The average molecular weight is 453 g/mol. The molecule has 1 amide bonds. The molecule has 3 heterocycles. The Balaban J connectivity index is 1.63. The molecule has 4 atom stereocenters. The second-order valence-electron chi connectivity index (χ2n) is 7.87. The summed E-state index contributed by atoms with van der Waals surface area (Å²) in [6.07, 6.45) is 3.06. The van der Waals surface area contributed by atoms with Crippen molar-refractivity contribution in [3.05, 3.63) is 82.3 Å². The summed E-state index contributed by atoms with van der Waals surface area (Å²) in [5.41, 5.74) is 0.165. The van der Waals surface area contributed by atoms with Crippen molar-refractivity contribution in [3.63, 3.8) is 0 Å². The molecule has 3 aromatic rings. The fourth-order valence-corrected chi connectivity index (χ4v) is 4.00. The zero-order valence-corrected chi connectivity index (χ0v) is 17.9. The Labute approximate surface area is 189 Å². The summed E-state index contributed by atoms with van der Waals surface area (Å²) in [6.45, 7) is 1.84. The molecule has 1 aliphatic rings. The molecule has 4 unspecified atom stereocenters. The van der Waals surface area contributed by atoms with Crippen LogP contribution in [-0.4, -0.2) is 44.4 Å². The van der Waals surface area contributed by atoms with Gasteiger partial charge in [-0.2, -0.15) is 0 Å². The zero-order chi connectivity index (χ0) is 23.5. The number of nitrogens with zero attached hydrogens (tertiary/aromatic N) is 1. The Bertz CT molecular complexity index is 1210. The Morgan fingerprint density at radius 3 is 2.79 bits per heavy atom. The number of anilines is 1. The van der Waals surface area contributed by atoms with Gasteiger partial charge in [0, 0.05) is 41.7 Å². The van der Waals surface area contributed by atoms with Gasteiger partial charge in [0.1, 0.15) is 17.5 Å². The van der Waals surface area contributed by atoms with Crippen molar-refractivity contribution in [2.45, 2.75) is 44.2 Å². The molecular weight excluding hydrogens is 429 g/mol. The highest BCUT2D eigenvalue weighted by Gasteiger charge is 2.37. The van der Waals surface area contributed by atoms with Crippen LogP contribution in [0.3, 0.4) is 0 Å². The monoisotopic (exact) mass is 453 g/mol. The van der Waals surface area contributed by atoms with Crippen LogP contribution in [0.4, 0.5) is 10.1 Å². The van der Waals surface area contributed by atoms with Crippen LogP contribution in [0, 0.1) is 5.82 Å². The Morgan fingerprint density at radius 1 is 1.24 bits per heavy atom. The number of carbonyl (C=O) groups excluding carboxylic acids is 1. The first-order valence-electron chi connectivity index (χ1n) is 10.6. The van der Waals surface area contributed by atoms with Gasteiger partial charge in [-0.3, -0.25) is 14.6 Å². The van der Waals surface area contributed by atoms with E-state index in [9.17, 15) is 24.2 Å². The summed E-state index contributed by atoms with van der Waals surface area (Å²) in [5, 5.41) is 23.0. The molecule has 0 saturated carbocycles. The molecule has 4 rings (SSSR count). The van der Waals surface area contributed by atoms with Gasteiger partial charge in [0.05, 0.1) is 30.2 Å². The van der Waals surface area contributed by atoms with Gasteiger partial charge in [0.15, 0.2) is 0 Å². The molecular formula is C24H24FN3O5. The SMILES string of the molecule is CCC1OC(c2ccncc2NC(=O)c2c[nH]cc(-c3ccccc3F)c2=O)CC(O)C1O. The van der Waals surface area contributed by atoms with Gasteiger partial charge in [0.2, 0.25) is 5.43 Å². The van der Waals surface area contributed by atoms with Gasteiger partial charge in [-0.25, -0.2) is 4.39 Å². The summed E-state index contributed by atoms with van der Waals surface area (Å²) in [4.78, 5) is 32.7. The first-order valence-corrected chi connectivity index (χ1v) is 10.6. The van der Waals surface area contributed by atoms with Crippen LogP contribution < -0.4 is 10.7 Å². The minimum atomic E-state index is -0.995. The molecule has 1 aromatic carbocycles.